The number of carbonyl (C=O) groups is 1. The zero-order valence-electron chi connectivity index (χ0n) is 20.4. The van der Waals surface area contributed by atoms with Crippen molar-refractivity contribution in [3.05, 3.63) is 53.2 Å². The Kier molecular flexibility index (Phi) is 8.21. The Bertz CT molecular complexity index is 1240. The zero-order valence-corrected chi connectivity index (χ0v) is 20.4. The van der Waals surface area contributed by atoms with E-state index in [4.69, 9.17) is 20.9 Å². The molecule has 1 atom stereocenters. The summed E-state index contributed by atoms with van der Waals surface area (Å²) in [5, 5.41) is 23.3. The van der Waals surface area contributed by atoms with Crippen molar-refractivity contribution in [2.75, 3.05) is 38.7 Å². The lowest BCUT2D eigenvalue weighted by molar-refractivity contribution is 0.100. The highest BCUT2D eigenvalue weighted by Crippen LogP contribution is 2.38. The number of carbonyl (C=O) groups excluding carboxylic acids is 1. The molecule has 0 radical (unpaired) electrons. The van der Waals surface area contributed by atoms with E-state index >= 15 is 0 Å². The highest BCUT2D eigenvalue weighted by Gasteiger charge is 2.20. The third-order valence-corrected chi connectivity index (χ3v) is 6.45. The van der Waals surface area contributed by atoms with Crippen molar-refractivity contribution < 1.29 is 24.5 Å². The maximum atomic E-state index is 12.3. The van der Waals surface area contributed by atoms with E-state index in [0.717, 1.165) is 31.5 Å². The first-order valence-corrected chi connectivity index (χ1v) is 12.0. The number of primary amides is 1. The molecule has 3 aromatic rings. The number of fused-ring (bicyclic) bond motifs is 1. The van der Waals surface area contributed by atoms with Gasteiger partial charge >= 0.3 is 0 Å². The van der Waals surface area contributed by atoms with Crippen LogP contribution in [0.5, 0.6) is 11.5 Å². The Balaban J connectivity index is 1.64. The second-order valence-corrected chi connectivity index (χ2v) is 8.81. The minimum Gasteiger partial charge on any atom is -0.493 e. The lowest BCUT2D eigenvalue weighted by atomic mass is 10.0. The summed E-state index contributed by atoms with van der Waals surface area (Å²) in [5.41, 5.74) is 15.0. The number of nitrogens with one attached hydrogen (secondary N) is 1. The van der Waals surface area contributed by atoms with Crippen molar-refractivity contribution in [1.82, 2.24) is 9.88 Å². The molecule has 0 saturated carbocycles. The number of hydrogen-bond acceptors (Lipinski definition) is 9. The number of nitrogens with zero attached hydrogens (tertiary/aromatic N) is 2. The van der Waals surface area contributed by atoms with Gasteiger partial charge in [-0.25, -0.2) is 0 Å². The number of aliphatic hydroxyl groups is 2. The van der Waals surface area contributed by atoms with Crippen LogP contribution in [0.2, 0.25) is 0 Å². The van der Waals surface area contributed by atoms with Crippen LogP contribution >= 0.6 is 0 Å². The standard InChI is InChI=1S/C26H33N5O5/c1-35-23-10-18-22(11-24(23)36-9-3-7-31-8-6-17(33)14-31)29-13-20(26(28)34)25(18)30-21-5-2-4-16(15-32)19(21)12-27/h2,4-5,10-11,13,17,32-33H,3,6-9,12,14-15,27H2,1H3,(H2,28,34)(H,29,30). The van der Waals surface area contributed by atoms with E-state index in [1.165, 1.54) is 6.20 Å². The molecule has 4 rings (SSSR count). The predicted molar refractivity (Wildman–Crippen MR) is 138 cm³/mol. The SMILES string of the molecule is COc1cc2c(Nc3cccc(CO)c3CN)c(C(N)=O)cnc2cc1OCCCN1CCC(O)C1. The third kappa shape index (κ3) is 5.52. The van der Waals surface area contributed by atoms with E-state index in [0.29, 0.717) is 52.5 Å². The first kappa shape index (κ1) is 25.6. The van der Waals surface area contributed by atoms with E-state index in [1.54, 1.807) is 31.4 Å². The van der Waals surface area contributed by atoms with E-state index < -0.39 is 5.91 Å². The van der Waals surface area contributed by atoms with Crippen LogP contribution in [-0.2, 0) is 13.2 Å². The molecule has 2 aromatic carbocycles. The number of methoxy groups -OCH3 is 1. The number of nitrogens with two attached hydrogens (primary N) is 2. The molecule has 1 aliphatic heterocycles. The van der Waals surface area contributed by atoms with Gasteiger partial charge in [0.25, 0.3) is 5.91 Å². The van der Waals surface area contributed by atoms with Crippen molar-refractivity contribution in [1.29, 1.82) is 0 Å². The molecule has 0 bridgehead atoms. The molecule has 1 amide bonds. The molecular weight excluding hydrogens is 462 g/mol. The highest BCUT2D eigenvalue weighted by atomic mass is 16.5. The molecule has 1 saturated heterocycles. The van der Waals surface area contributed by atoms with Crippen LogP contribution in [-0.4, -0.2) is 65.5 Å². The molecule has 7 N–H and O–H groups in total. The number of amides is 1. The van der Waals surface area contributed by atoms with Gasteiger partial charge in [0, 0.05) is 49.5 Å². The van der Waals surface area contributed by atoms with Gasteiger partial charge in [-0.1, -0.05) is 12.1 Å². The molecule has 0 aliphatic carbocycles. The van der Waals surface area contributed by atoms with Crippen LogP contribution in [0.1, 0.15) is 34.3 Å². The van der Waals surface area contributed by atoms with Crippen molar-refractivity contribution in [2.24, 2.45) is 11.5 Å². The number of likely N-dealkylation sites (tertiary alicyclic amines) is 1. The quantitative estimate of drug-likeness (QED) is 0.251. The Morgan fingerprint density at radius 1 is 1.31 bits per heavy atom. The molecule has 10 nitrogen and oxygen atoms in total. The van der Waals surface area contributed by atoms with E-state index in [-0.39, 0.29) is 24.8 Å². The van der Waals surface area contributed by atoms with Crippen LogP contribution < -0.4 is 26.3 Å². The van der Waals surface area contributed by atoms with E-state index in [2.05, 4.69) is 15.2 Å². The van der Waals surface area contributed by atoms with Crippen molar-refractivity contribution in [3.8, 4) is 11.5 Å². The molecule has 192 valence electrons. The van der Waals surface area contributed by atoms with Gasteiger partial charge in [0.1, 0.15) is 0 Å². The van der Waals surface area contributed by atoms with Gasteiger partial charge in [-0.2, -0.15) is 0 Å². The average molecular weight is 496 g/mol. The minimum absolute atomic E-state index is 0.158. The van der Waals surface area contributed by atoms with Gasteiger partial charge in [0.2, 0.25) is 0 Å². The monoisotopic (exact) mass is 495 g/mol. The average Bonchev–Trinajstić information content (AvgIpc) is 3.30. The first-order valence-electron chi connectivity index (χ1n) is 12.0. The normalized spacial score (nSPS) is 15.8. The van der Waals surface area contributed by atoms with Gasteiger partial charge in [-0.15, -0.1) is 0 Å². The summed E-state index contributed by atoms with van der Waals surface area (Å²) in [6.07, 6.45) is 2.81. The van der Waals surface area contributed by atoms with Gasteiger partial charge in [-0.3, -0.25) is 9.78 Å². The second kappa shape index (κ2) is 11.5. The number of ether oxygens (including phenoxy) is 2. The smallest absolute Gasteiger partial charge is 0.252 e. The van der Waals surface area contributed by atoms with Crippen molar-refractivity contribution in [3.63, 3.8) is 0 Å². The van der Waals surface area contributed by atoms with E-state index in [9.17, 15) is 15.0 Å². The molecule has 10 heteroatoms. The predicted octanol–water partition coefficient (Wildman–Crippen LogP) is 1.87. The lowest BCUT2D eigenvalue weighted by Gasteiger charge is -2.19. The van der Waals surface area contributed by atoms with Gasteiger partial charge in [0.05, 0.1) is 43.2 Å². The molecular formula is C26H33N5O5. The number of benzene rings is 2. The number of β-amino-alcohol motifs (C(OH)–C–C–N with tert-alkyl or cyclic N) is 1. The number of anilines is 2. The van der Waals surface area contributed by atoms with Gasteiger partial charge < -0.3 is 41.4 Å². The van der Waals surface area contributed by atoms with Crippen LogP contribution in [0.4, 0.5) is 11.4 Å². The van der Waals surface area contributed by atoms with Crippen LogP contribution in [0.25, 0.3) is 10.9 Å². The Morgan fingerprint density at radius 2 is 2.14 bits per heavy atom. The summed E-state index contributed by atoms with van der Waals surface area (Å²) >= 11 is 0. The van der Waals surface area contributed by atoms with Crippen molar-refractivity contribution >= 4 is 28.2 Å². The fraction of sp³-hybridized carbons (Fsp3) is 0.385. The molecule has 36 heavy (non-hydrogen) atoms. The van der Waals surface area contributed by atoms with Gasteiger partial charge in [0.15, 0.2) is 11.5 Å². The zero-order chi connectivity index (χ0) is 25.7. The van der Waals surface area contributed by atoms with Crippen LogP contribution in [0, 0.1) is 0 Å². The summed E-state index contributed by atoms with van der Waals surface area (Å²) in [6, 6.07) is 8.97. The summed E-state index contributed by atoms with van der Waals surface area (Å²) in [5.74, 6) is 0.404. The summed E-state index contributed by atoms with van der Waals surface area (Å²) < 4.78 is 11.6. The fourth-order valence-electron chi connectivity index (χ4n) is 4.56. The topological polar surface area (TPSA) is 156 Å². The summed E-state index contributed by atoms with van der Waals surface area (Å²) in [6.45, 7) is 2.97. The Labute approximate surface area is 209 Å². The Hall–Kier alpha value is -3.44. The molecule has 1 aliphatic rings. The maximum Gasteiger partial charge on any atom is 0.252 e. The number of pyridine rings is 1. The number of aromatic nitrogens is 1. The molecule has 2 heterocycles. The largest absolute Gasteiger partial charge is 0.493 e. The molecule has 0 spiro atoms. The third-order valence-electron chi connectivity index (χ3n) is 6.45. The minimum atomic E-state index is -0.633. The van der Waals surface area contributed by atoms with Crippen LogP contribution in [0.3, 0.4) is 0 Å². The molecule has 1 aromatic heterocycles. The van der Waals surface area contributed by atoms with Gasteiger partial charge in [-0.05, 0) is 36.1 Å². The maximum absolute atomic E-state index is 12.3. The summed E-state index contributed by atoms with van der Waals surface area (Å²) in [7, 11) is 1.55. The summed E-state index contributed by atoms with van der Waals surface area (Å²) in [4.78, 5) is 18.9. The van der Waals surface area contributed by atoms with Crippen molar-refractivity contribution in [2.45, 2.75) is 32.1 Å². The number of aliphatic hydroxyl groups excluding tert-OH is 2. The fourth-order valence-corrected chi connectivity index (χ4v) is 4.56. The van der Waals surface area contributed by atoms with Crippen LogP contribution in [0.15, 0.2) is 36.5 Å². The molecule has 1 fully saturated rings. The molecule has 1 unspecified atom stereocenters. The Morgan fingerprint density at radius 3 is 2.81 bits per heavy atom. The first-order chi connectivity index (χ1) is 17.4. The number of rotatable bonds is 11. The van der Waals surface area contributed by atoms with E-state index in [1.807, 2.05) is 6.07 Å². The number of hydrogen-bond donors (Lipinski definition) is 5. The highest BCUT2D eigenvalue weighted by molar-refractivity contribution is 6.08. The lowest BCUT2D eigenvalue weighted by Crippen LogP contribution is -2.24. The second-order valence-electron chi connectivity index (χ2n) is 8.81.